The van der Waals surface area contributed by atoms with Crippen LogP contribution < -0.4 is 13.9 Å². The maximum atomic E-state index is 11.6. The maximum absolute atomic E-state index is 11.6. The van der Waals surface area contributed by atoms with E-state index >= 15 is 0 Å². The van der Waals surface area contributed by atoms with Crippen molar-refractivity contribution in [2.45, 2.75) is 96.8 Å². The molecule has 210 valence electrons. The molecule has 0 saturated heterocycles. The predicted octanol–water partition coefficient (Wildman–Crippen LogP) is 8.79. The van der Waals surface area contributed by atoms with Gasteiger partial charge in [0.1, 0.15) is 11.5 Å². The van der Waals surface area contributed by atoms with Gasteiger partial charge in [0, 0.05) is 0 Å². The van der Waals surface area contributed by atoms with E-state index in [1.165, 1.54) is 96.4 Å². The summed E-state index contributed by atoms with van der Waals surface area (Å²) in [7, 11) is 2.50. The summed E-state index contributed by atoms with van der Waals surface area (Å²) < 4.78 is 22.2. The van der Waals surface area contributed by atoms with Gasteiger partial charge in [-0.1, -0.05) is 120 Å². The molecule has 2 aromatic rings. The first-order valence-corrected chi connectivity index (χ1v) is 15.8. The molecule has 2 aromatic carbocycles. The minimum Gasteiger partial charge on any atom is -0.736 e. The third kappa shape index (κ3) is 20.9. The lowest BCUT2D eigenvalue weighted by Gasteiger charge is -2.23. The maximum Gasteiger partial charge on any atom is 0.372 e. The molecule has 0 spiro atoms. The van der Waals surface area contributed by atoms with Gasteiger partial charge in [-0.3, -0.25) is 0 Å². The van der Waals surface area contributed by atoms with Crippen molar-refractivity contribution in [2.75, 3.05) is 27.7 Å². The highest BCUT2D eigenvalue weighted by molar-refractivity contribution is 7.46. The average molecular weight is 534 g/mol. The fraction of sp³-hybridized carbons (Fsp3) is 0.613. The lowest BCUT2D eigenvalue weighted by molar-refractivity contribution is -0.870. The second-order valence-corrected chi connectivity index (χ2v) is 12.1. The van der Waals surface area contributed by atoms with Gasteiger partial charge >= 0.3 is 7.82 Å². The van der Waals surface area contributed by atoms with Crippen molar-refractivity contribution in [3.63, 3.8) is 0 Å². The number of benzene rings is 2. The van der Waals surface area contributed by atoms with Gasteiger partial charge in [-0.05, 0) is 37.1 Å². The molecule has 0 aromatic heterocycles. The van der Waals surface area contributed by atoms with Crippen LogP contribution in [0.15, 0.2) is 60.7 Å². The van der Waals surface area contributed by atoms with Gasteiger partial charge < -0.3 is 18.4 Å². The van der Waals surface area contributed by atoms with E-state index in [-0.39, 0.29) is 11.5 Å². The number of hydrogen-bond acceptors (Lipinski definition) is 4. The first-order valence-electron chi connectivity index (χ1n) is 14.3. The second-order valence-electron chi connectivity index (χ2n) is 10.9. The molecule has 6 heteroatoms. The summed E-state index contributed by atoms with van der Waals surface area (Å²) in [6.07, 6.45) is 20.4. The predicted molar refractivity (Wildman–Crippen MR) is 155 cm³/mol. The Morgan fingerprint density at radius 3 is 1.24 bits per heavy atom. The highest BCUT2D eigenvalue weighted by Gasteiger charge is 2.12. The van der Waals surface area contributed by atoms with E-state index in [1.54, 1.807) is 60.7 Å². The lowest BCUT2D eigenvalue weighted by atomic mass is 10.0. The second kappa shape index (κ2) is 20.2. The highest BCUT2D eigenvalue weighted by Crippen LogP contribution is 2.40. The third-order valence-corrected chi connectivity index (χ3v) is 6.97. The Morgan fingerprint density at radius 2 is 0.919 bits per heavy atom. The number of phosphoric acid groups is 1. The van der Waals surface area contributed by atoms with Gasteiger partial charge in [0.05, 0.1) is 27.7 Å². The zero-order chi connectivity index (χ0) is 27.2. The van der Waals surface area contributed by atoms with Crippen molar-refractivity contribution in [1.82, 2.24) is 0 Å². The molecule has 0 saturated carbocycles. The van der Waals surface area contributed by atoms with Gasteiger partial charge in [-0.25, -0.2) is 4.57 Å². The van der Waals surface area contributed by atoms with Crippen LogP contribution in [0.4, 0.5) is 0 Å². The minimum absolute atomic E-state index is 0.224. The van der Waals surface area contributed by atoms with Crippen LogP contribution in [0.1, 0.15) is 96.8 Å². The first-order chi connectivity index (χ1) is 17.7. The molecule has 0 radical (unpaired) electrons. The Morgan fingerprint density at radius 1 is 0.595 bits per heavy atom. The van der Waals surface area contributed by atoms with Crippen LogP contribution in [0.2, 0.25) is 0 Å². The molecule has 2 rings (SSSR count). The summed E-state index contributed by atoms with van der Waals surface area (Å²) >= 11 is 0. The van der Waals surface area contributed by atoms with Crippen molar-refractivity contribution in [2.24, 2.45) is 0 Å². The Bertz CT molecular complexity index is 779. The molecule has 37 heavy (non-hydrogen) atoms. The molecular formula is C31H52NO4P. The summed E-state index contributed by atoms with van der Waals surface area (Å²) in [5, 5.41) is 0. The number of para-hydroxylation sites is 2. The van der Waals surface area contributed by atoms with Crippen molar-refractivity contribution < 1.29 is 23.0 Å². The van der Waals surface area contributed by atoms with Gasteiger partial charge in [-0.15, -0.1) is 0 Å². The first kappa shape index (κ1) is 33.2. The molecule has 0 aliphatic rings. The van der Waals surface area contributed by atoms with Crippen molar-refractivity contribution >= 4 is 7.82 Å². The van der Waals surface area contributed by atoms with E-state index in [9.17, 15) is 9.46 Å². The van der Waals surface area contributed by atoms with Crippen molar-refractivity contribution in [1.29, 1.82) is 0 Å². The highest BCUT2D eigenvalue weighted by atomic mass is 31.2. The standard InChI is InChI=1S/C19H42N.C12H11O4P/c1-5-6-7-8-9-10-11-12-13-14-15-16-17-18-19-20(2,3)4;13-17(14,15-11-7-3-1-4-8-11)16-12-9-5-2-6-10-12/h5-19H2,1-4H3;1-10H,(H,13,14)/q+1;/p-1. The van der Waals surface area contributed by atoms with Crippen LogP contribution in [0.3, 0.4) is 0 Å². The zero-order valence-corrected chi connectivity index (χ0v) is 24.8. The van der Waals surface area contributed by atoms with E-state index in [2.05, 4.69) is 28.1 Å². The summed E-state index contributed by atoms with van der Waals surface area (Å²) in [4.78, 5) is 11.6. The van der Waals surface area contributed by atoms with Gasteiger partial charge in [0.2, 0.25) is 0 Å². The van der Waals surface area contributed by atoms with Crippen molar-refractivity contribution in [3.8, 4) is 11.5 Å². The van der Waals surface area contributed by atoms with E-state index in [0.717, 1.165) is 4.48 Å². The number of unbranched alkanes of at least 4 members (excludes halogenated alkanes) is 13. The molecular weight excluding hydrogens is 481 g/mol. The van der Waals surface area contributed by atoms with E-state index in [0.29, 0.717) is 0 Å². The summed E-state index contributed by atoms with van der Waals surface area (Å²) in [5.41, 5.74) is 0. The molecule has 0 fully saturated rings. The number of nitrogens with zero attached hydrogens (tertiary/aromatic N) is 1. The molecule has 0 aliphatic carbocycles. The SMILES string of the molecule is CCCCCCCCCCCCCCCC[N+](C)(C)C.O=P([O-])(Oc1ccccc1)Oc1ccccc1. The molecule has 0 amide bonds. The fourth-order valence-corrected chi connectivity index (χ4v) is 4.82. The van der Waals surface area contributed by atoms with E-state index in [4.69, 9.17) is 9.05 Å². The Hall–Kier alpha value is -1.81. The van der Waals surface area contributed by atoms with E-state index < -0.39 is 7.82 Å². The summed E-state index contributed by atoms with van der Waals surface area (Å²) in [6.45, 7) is 3.63. The Labute approximate surface area is 227 Å². The molecule has 0 bridgehead atoms. The van der Waals surface area contributed by atoms with Crippen LogP contribution in [-0.2, 0) is 4.57 Å². The van der Waals surface area contributed by atoms with Crippen LogP contribution in [0.25, 0.3) is 0 Å². The normalized spacial score (nSPS) is 11.5. The average Bonchev–Trinajstić information content (AvgIpc) is 2.84. The topological polar surface area (TPSA) is 58.6 Å². The number of phosphoric ester groups is 1. The minimum atomic E-state index is -4.39. The molecule has 5 nitrogen and oxygen atoms in total. The van der Waals surface area contributed by atoms with Crippen LogP contribution >= 0.6 is 7.82 Å². The van der Waals surface area contributed by atoms with Crippen LogP contribution in [-0.4, -0.2) is 32.2 Å². The zero-order valence-electron chi connectivity index (χ0n) is 23.9. The molecule has 0 aliphatic heterocycles. The van der Waals surface area contributed by atoms with Crippen LogP contribution in [0, 0.1) is 0 Å². The number of quaternary nitrogens is 1. The molecule has 0 atom stereocenters. The smallest absolute Gasteiger partial charge is 0.372 e. The van der Waals surface area contributed by atoms with Crippen molar-refractivity contribution in [3.05, 3.63) is 60.7 Å². The van der Waals surface area contributed by atoms with Crippen LogP contribution in [0.5, 0.6) is 11.5 Å². The summed E-state index contributed by atoms with van der Waals surface area (Å²) in [5.74, 6) is 0.448. The molecule has 0 unspecified atom stereocenters. The number of rotatable bonds is 19. The van der Waals surface area contributed by atoms with Gasteiger partial charge in [-0.2, -0.15) is 0 Å². The summed E-state index contributed by atoms with van der Waals surface area (Å²) in [6, 6.07) is 16.4. The fourth-order valence-electron chi connectivity index (χ4n) is 4.02. The molecule has 0 N–H and O–H groups in total. The number of hydrogen-bond donors (Lipinski definition) is 0. The Balaban J connectivity index is 0.000000373. The van der Waals surface area contributed by atoms with Gasteiger partial charge in [0.15, 0.2) is 0 Å². The monoisotopic (exact) mass is 533 g/mol. The largest absolute Gasteiger partial charge is 0.736 e. The molecule has 0 heterocycles. The van der Waals surface area contributed by atoms with Gasteiger partial charge in [0.25, 0.3) is 0 Å². The third-order valence-electron chi connectivity index (χ3n) is 6.10. The van der Waals surface area contributed by atoms with E-state index in [1.807, 2.05) is 0 Å². The lowest BCUT2D eigenvalue weighted by Crippen LogP contribution is -2.35. The quantitative estimate of drug-likeness (QED) is 0.103. The Kier molecular flexibility index (Phi) is 18.1.